The highest BCUT2D eigenvalue weighted by atomic mass is 16.5. The van der Waals surface area contributed by atoms with Crippen LogP contribution in [-0.2, 0) is 4.79 Å². The van der Waals surface area contributed by atoms with Gasteiger partial charge in [0, 0.05) is 17.9 Å². The molecule has 0 spiro atoms. The van der Waals surface area contributed by atoms with Gasteiger partial charge in [0.25, 0.3) is 0 Å². The molecule has 1 amide bonds. The molecule has 0 saturated heterocycles. The molecule has 0 radical (unpaired) electrons. The number of likely N-dealkylation sites (N-methyl/N-ethyl adjacent to an activating group) is 1. The van der Waals surface area contributed by atoms with Crippen LogP contribution in [0.2, 0.25) is 0 Å². The standard InChI is InChI=1S/C18H22N2O2/c1-3-20(16-8-6-5-7-9-16)18(21)14-19-15-10-12-17(13-11-15)22-4-2/h5-13,19H,3-4,14H2,1-2H3. The molecule has 1 N–H and O–H groups in total. The summed E-state index contributed by atoms with van der Waals surface area (Å²) >= 11 is 0. The average molecular weight is 298 g/mol. The number of nitrogens with one attached hydrogen (secondary N) is 1. The van der Waals surface area contributed by atoms with Crippen molar-refractivity contribution < 1.29 is 9.53 Å². The number of anilines is 2. The normalized spacial score (nSPS) is 10.1. The van der Waals surface area contributed by atoms with Gasteiger partial charge < -0.3 is 15.0 Å². The zero-order valence-electron chi connectivity index (χ0n) is 13.1. The molecular formula is C18H22N2O2. The molecule has 116 valence electrons. The lowest BCUT2D eigenvalue weighted by Crippen LogP contribution is -2.35. The Morgan fingerprint density at radius 3 is 2.32 bits per heavy atom. The van der Waals surface area contributed by atoms with E-state index < -0.39 is 0 Å². The minimum Gasteiger partial charge on any atom is -0.494 e. The average Bonchev–Trinajstić information content (AvgIpc) is 2.56. The van der Waals surface area contributed by atoms with Crippen molar-refractivity contribution in [3.63, 3.8) is 0 Å². The molecule has 0 atom stereocenters. The highest BCUT2D eigenvalue weighted by molar-refractivity contribution is 5.96. The molecule has 4 nitrogen and oxygen atoms in total. The van der Waals surface area contributed by atoms with E-state index in [2.05, 4.69) is 5.32 Å². The molecule has 0 aliphatic heterocycles. The fraction of sp³-hybridized carbons (Fsp3) is 0.278. The Morgan fingerprint density at radius 2 is 1.73 bits per heavy atom. The third kappa shape index (κ3) is 4.25. The van der Waals surface area contributed by atoms with Gasteiger partial charge in [-0.25, -0.2) is 0 Å². The van der Waals surface area contributed by atoms with Gasteiger partial charge in [-0.15, -0.1) is 0 Å². The van der Waals surface area contributed by atoms with Gasteiger partial charge in [0.05, 0.1) is 13.2 Å². The Morgan fingerprint density at radius 1 is 1.05 bits per heavy atom. The molecule has 2 aromatic carbocycles. The van der Waals surface area contributed by atoms with Gasteiger partial charge in [0.1, 0.15) is 5.75 Å². The van der Waals surface area contributed by atoms with Crippen LogP contribution in [0.15, 0.2) is 54.6 Å². The maximum absolute atomic E-state index is 12.4. The Labute approximate surface area is 131 Å². The molecule has 4 heteroatoms. The minimum absolute atomic E-state index is 0.0441. The summed E-state index contributed by atoms with van der Waals surface area (Å²) in [6.07, 6.45) is 0. The molecule has 0 bridgehead atoms. The number of nitrogens with zero attached hydrogens (tertiary/aromatic N) is 1. The molecule has 0 fully saturated rings. The van der Waals surface area contributed by atoms with E-state index in [1.807, 2.05) is 68.4 Å². The van der Waals surface area contributed by atoms with Crippen molar-refractivity contribution in [2.24, 2.45) is 0 Å². The van der Waals surface area contributed by atoms with Gasteiger partial charge in [0.2, 0.25) is 5.91 Å². The Kier molecular flexibility index (Phi) is 5.83. The fourth-order valence-electron chi connectivity index (χ4n) is 2.22. The first-order valence-corrected chi connectivity index (χ1v) is 7.56. The van der Waals surface area contributed by atoms with Gasteiger partial charge in [-0.3, -0.25) is 4.79 Å². The summed E-state index contributed by atoms with van der Waals surface area (Å²) in [6.45, 7) is 5.48. The van der Waals surface area contributed by atoms with E-state index in [-0.39, 0.29) is 12.5 Å². The first-order valence-electron chi connectivity index (χ1n) is 7.56. The Bertz CT molecular complexity index is 582. The molecule has 22 heavy (non-hydrogen) atoms. The van der Waals surface area contributed by atoms with Crippen molar-refractivity contribution in [1.29, 1.82) is 0 Å². The van der Waals surface area contributed by atoms with E-state index in [9.17, 15) is 4.79 Å². The number of hydrogen-bond acceptors (Lipinski definition) is 3. The van der Waals surface area contributed by atoms with Crippen molar-refractivity contribution >= 4 is 17.3 Å². The van der Waals surface area contributed by atoms with Crippen LogP contribution in [0.3, 0.4) is 0 Å². The fourth-order valence-corrected chi connectivity index (χ4v) is 2.22. The molecule has 0 saturated carbocycles. The summed E-state index contributed by atoms with van der Waals surface area (Å²) in [5.41, 5.74) is 1.82. The van der Waals surface area contributed by atoms with Gasteiger partial charge in [-0.05, 0) is 50.2 Å². The second-order valence-corrected chi connectivity index (χ2v) is 4.78. The van der Waals surface area contributed by atoms with Gasteiger partial charge in [-0.2, -0.15) is 0 Å². The predicted molar refractivity (Wildman–Crippen MR) is 90.6 cm³/mol. The van der Waals surface area contributed by atoms with E-state index in [1.165, 1.54) is 0 Å². The summed E-state index contributed by atoms with van der Waals surface area (Å²) in [7, 11) is 0. The number of hydrogen-bond donors (Lipinski definition) is 1. The van der Waals surface area contributed by atoms with Crippen molar-refractivity contribution in [2.45, 2.75) is 13.8 Å². The number of para-hydroxylation sites is 1. The van der Waals surface area contributed by atoms with Crippen LogP contribution < -0.4 is 15.0 Å². The summed E-state index contributed by atoms with van der Waals surface area (Å²) < 4.78 is 5.40. The maximum atomic E-state index is 12.4. The topological polar surface area (TPSA) is 41.6 Å². The second kappa shape index (κ2) is 8.08. The van der Waals surface area contributed by atoms with Gasteiger partial charge in [-0.1, -0.05) is 18.2 Å². The van der Waals surface area contributed by atoms with Crippen LogP contribution in [0.25, 0.3) is 0 Å². The van der Waals surface area contributed by atoms with Crippen LogP contribution in [-0.4, -0.2) is 25.6 Å². The number of ether oxygens (including phenoxy) is 1. The number of carbonyl (C=O) groups excluding carboxylic acids is 1. The number of amides is 1. The van der Waals surface area contributed by atoms with Crippen LogP contribution in [0.1, 0.15) is 13.8 Å². The predicted octanol–water partition coefficient (Wildman–Crippen LogP) is 3.55. The summed E-state index contributed by atoms with van der Waals surface area (Å²) in [5, 5.41) is 3.15. The third-order valence-electron chi connectivity index (χ3n) is 3.29. The molecule has 0 aliphatic rings. The van der Waals surface area contributed by atoms with Crippen molar-refractivity contribution in [2.75, 3.05) is 29.9 Å². The lowest BCUT2D eigenvalue weighted by Gasteiger charge is -2.21. The zero-order valence-corrected chi connectivity index (χ0v) is 13.1. The largest absolute Gasteiger partial charge is 0.494 e. The molecular weight excluding hydrogens is 276 g/mol. The quantitative estimate of drug-likeness (QED) is 0.850. The summed E-state index contributed by atoms with van der Waals surface area (Å²) in [4.78, 5) is 14.1. The Balaban J connectivity index is 1.93. The SMILES string of the molecule is CCOc1ccc(NCC(=O)N(CC)c2ccccc2)cc1. The number of rotatable bonds is 7. The molecule has 0 unspecified atom stereocenters. The van der Waals surface area contributed by atoms with Crippen LogP contribution in [0, 0.1) is 0 Å². The van der Waals surface area contributed by atoms with Crippen molar-refractivity contribution in [3.05, 3.63) is 54.6 Å². The zero-order chi connectivity index (χ0) is 15.8. The van der Waals surface area contributed by atoms with E-state index in [0.29, 0.717) is 13.2 Å². The van der Waals surface area contributed by atoms with E-state index in [4.69, 9.17) is 4.74 Å². The second-order valence-electron chi connectivity index (χ2n) is 4.78. The molecule has 0 heterocycles. The van der Waals surface area contributed by atoms with Crippen molar-refractivity contribution in [1.82, 2.24) is 0 Å². The lowest BCUT2D eigenvalue weighted by molar-refractivity contribution is -0.116. The molecule has 0 aliphatic carbocycles. The number of benzene rings is 2. The monoisotopic (exact) mass is 298 g/mol. The first-order chi connectivity index (χ1) is 10.7. The Hall–Kier alpha value is -2.49. The molecule has 0 aromatic heterocycles. The van der Waals surface area contributed by atoms with Gasteiger partial charge >= 0.3 is 0 Å². The third-order valence-corrected chi connectivity index (χ3v) is 3.29. The van der Waals surface area contributed by atoms with E-state index in [1.54, 1.807) is 4.90 Å². The van der Waals surface area contributed by atoms with E-state index in [0.717, 1.165) is 17.1 Å². The highest BCUT2D eigenvalue weighted by Gasteiger charge is 2.12. The van der Waals surface area contributed by atoms with Crippen LogP contribution >= 0.6 is 0 Å². The summed E-state index contributed by atoms with van der Waals surface area (Å²) in [5.74, 6) is 0.876. The number of carbonyl (C=O) groups is 1. The molecule has 2 rings (SSSR count). The van der Waals surface area contributed by atoms with Crippen molar-refractivity contribution in [3.8, 4) is 5.75 Å². The summed E-state index contributed by atoms with van der Waals surface area (Å²) in [6, 6.07) is 17.3. The minimum atomic E-state index is 0.0441. The lowest BCUT2D eigenvalue weighted by atomic mass is 10.2. The van der Waals surface area contributed by atoms with Crippen LogP contribution in [0.5, 0.6) is 5.75 Å². The van der Waals surface area contributed by atoms with E-state index >= 15 is 0 Å². The smallest absolute Gasteiger partial charge is 0.246 e. The highest BCUT2D eigenvalue weighted by Crippen LogP contribution is 2.16. The van der Waals surface area contributed by atoms with Crippen LogP contribution in [0.4, 0.5) is 11.4 Å². The first kappa shape index (κ1) is 15.9. The molecule has 2 aromatic rings. The van der Waals surface area contributed by atoms with Gasteiger partial charge in [0.15, 0.2) is 0 Å². The maximum Gasteiger partial charge on any atom is 0.246 e.